The van der Waals surface area contributed by atoms with Crippen molar-refractivity contribution in [2.24, 2.45) is 0 Å². The van der Waals surface area contributed by atoms with Gasteiger partial charge in [-0.2, -0.15) is 8.78 Å². The van der Waals surface area contributed by atoms with Gasteiger partial charge in [0.2, 0.25) is 5.89 Å². The number of hydrogen-bond acceptors (Lipinski definition) is 7. The third-order valence-electron chi connectivity index (χ3n) is 4.44. The quantitative estimate of drug-likeness (QED) is 0.373. The second-order valence-electron chi connectivity index (χ2n) is 7.46. The lowest BCUT2D eigenvalue weighted by Crippen LogP contribution is -2.23. The van der Waals surface area contributed by atoms with E-state index in [2.05, 4.69) is 15.0 Å². The number of rotatable bonds is 12. The second-order valence-corrected chi connectivity index (χ2v) is 7.46. The third-order valence-corrected chi connectivity index (χ3v) is 4.44. The smallest absolute Gasteiger partial charge is 0.387 e. The van der Waals surface area contributed by atoms with Crippen molar-refractivity contribution in [3.63, 3.8) is 0 Å². The highest BCUT2D eigenvalue weighted by Crippen LogP contribution is 2.34. The molecule has 0 unspecified atom stereocenters. The van der Waals surface area contributed by atoms with E-state index in [1.54, 1.807) is 38.1 Å². The molecule has 0 atom stereocenters. The molecule has 0 aliphatic rings. The molecule has 2 aromatic carbocycles. The minimum Gasteiger partial charge on any atom is -0.493 e. The first-order valence-electron chi connectivity index (χ1n) is 10.7. The van der Waals surface area contributed by atoms with Crippen molar-refractivity contribution in [1.82, 2.24) is 10.3 Å². The number of carbonyl (C=O) groups is 1. The van der Waals surface area contributed by atoms with Crippen LogP contribution in [0.1, 0.15) is 36.3 Å². The minimum atomic E-state index is -2.98. The number of oxazole rings is 1. The number of nitrogens with one attached hydrogen (secondary N) is 1. The molecule has 3 rings (SSSR count). The van der Waals surface area contributed by atoms with E-state index in [1.807, 2.05) is 0 Å². The maximum Gasteiger partial charge on any atom is 0.387 e. The summed E-state index contributed by atoms with van der Waals surface area (Å²) in [6, 6.07) is 11.2. The number of alkyl halides is 2. The molecule has 0 saturated carbocycles. The molecule has 0 bridgehead atoms. The van der Waals surface area contributed by atoms with Gasteiger partial charge in [-0.05, 0) is 44.2 Å². The Hall–Kier alpha value is -3.66. The van der Waals surface area contributed by atoms with Crippen LogP contribution >= 0.6 is 0 Å². The zero-order chi connectivity index (χ0) is 24.5. The monoisotopic (exact) mass is 476 g/mol. The maximum atomic E-state index is 12.7. The predicted molar refractivity (Wildman–Crippen MR) is 119 cm³/mol. The summed E-state index contributed by atoms with van der Waals surface area (Å²) in [6.07, 6.45) is 1.59. The zero-order valence-corrected chi connectivity index (χ0v) is 18.8. The van der Waals surface area contributed by atoms with Gasteiger partial charge in [0.25, 0.3) is 5.91 Å². The standard InChI is InChI=1S/C24H26F2N2O6/c1-15(2)33-21-12-16(8-9-20(21)34-24(25)26)23-28-17(14-32-23)13-27-22(30)18-6-3-4-7-19(18)31-11-5-10-29/h3-4,6-9,12,14-15,24,29H,5,10-11,13H2,1-2H3,(H,27,30). The summed E-state index contributed by atoms with van der Waals surface area (Å²) in [5.41, 5.74) is 1.31. The van der Waals surface area contributed by atoms with Crippen LogP contribution in [0.3, 0.4) is 0 Å². The molecule has 182 valence electrons. The number of halogens is 2. The Labute approximate surface area is 195 Å². The third kappa shape index (κ3) is 6.92. The van der Waals surface area contributed by atoms with Crippen molar-refractivity contribution in [3.8, 4) is 28.7 Å². The van der Waals surface area contributed by atoms with Crippen molar-refractivity contribution >= 4 is 5.91 Å². The number of ether oxygens (including phenoxy) is 3. The van der Waals surface area contributed by atoms with Gasteiger partial charge in [-0.3, -0.25) is 4.79 Å². The van der Waals surface area contributed by atoms with Crippen molar-refractivity contribution in [2.75, 3.05) is 13.2 Å². The summed E-state index contributed by atoms with van der Waals surface area (Å²) in [7, 11) is 0. The van der Waals surface area contributed by atoms with Gasteiger partial charge in [-0.25, -0.2) is 4.98 Å². The summed E-state index contributed by atoms with van der Waals surface area (Å²) in [5.74, 6) is 0.336. The van der Waals surface area contributed by atoms with Crippen LogP contribution in [0.15, 0.2) is 53.1 Å². The fraction of sp³-hybridized carbons (Fsp3) is 0.333. The van der Waals surface area contributed by atoms with E-state index in [4.69, 9.17) is 19.0 Å². The highest BCUT2D eigenvalue weighted by Gasteiger charge is 2.17. The number of nitrogens with zero attached hydrogens (tertiary/aromatic N) is 1. The van der Waals surface area contributed by atoms with Crippen molar-refractivity contribution in [3.05, 3.63) is 60.0 Å². The molecule has 3 aromatic rings. The Morgan fingerprint density at radius 2 is 1.91 bits per heavy atom. The molecular formula is C24H26F2N2O6. The summed E-state index contributed by atoms with van der Waals surface area (Å²) in [4.78, 5) is 17.0. The molecule has 8 nitrogen and oxygen atoms in total. The second kappa shape index (κ2) is 12.0. The molecule has 2 N–H and O–H groups in total. The summed E-state index contributed by atoms with van der Waals surface area (Å²) >= 11 is 0. The van der Waals surface area contributed by atoms with Gasteiger partial charge >= 0.3 is 6.61 Å². The molecule has 1 aromatic heterocycles. The average molecular weight is 476 g/mol. The van der Waals surface area contributed by atoms with E-state index in [-0.39, 0.29) is 49.2 Å². The fourth-order valence-electron chi connectivity index (χ4n) is 2.99. The van der Waals surface area contributed by atoms with Gasteiger partial charge in [0.15, 0.2) is 11.5 Å². The molecule has 0 aliphatic heterocycles. The van der Waals surface area contributed by atoms with E-state index < -0.39 is 6.61 Å². The number of aliphatic hydroxyl groups is 1. The Kier molecular flexibility index (Phi) is 8.80. The van der Waals surface area contributed by atoms with Gasteiger partial charge in [-0.15, -0.1) is 0 Å². The van der Waals surface area contributed by atoms with E-state index in [0.29, 0.717) is 29.0 Å². The van der Waals surface area contributed by atoms with Crippen LogP contribution in [0.25, 0.3) is 11.5 Å². The first kappa shape index (κ1) is 25.0. The summed E-state index contributed by atoms with van der Waals surface area (Å²) in [5, 5.41) is 11.7. The lowest BCUT2D eigenvalue weighted by molar-refractivity contribution is -0.0518. The number of para-hydroxylation sites is 1. The number of hydrogen-bond donors (Lipinski definition) is 2. The maximum absolute atomic E-state index is 12.7. The summed E-state index contributed by atoms with van der Waals surface area (Å²) < 4.78 is 46.5. The molecule has 0 saturated heterocycles. The van der Waals surface area contributed by atoms with Crippen molar-refractivity contribution < 1.29 is 37.3 Å². The van der Waals surface area contributed by atoms with Crippen LogP contribution in [0.4, 0.5) is 8.78 Å². The average Bonchev–Trinajstić information content (AvgIpc) is 3.27. The molecule has 0 fully saturated rings. The van der Waals surface area contributed by atoms with Gasteiger partial charge in [0.05, 0.1) is 30.5 Å². The highest BCUT2D eigenvalue weighted by atomic mass is 19.3. The van der Waals surface area contributed by atoms with Crippen LogP contribution in [-0.4, -0.2) is 41.9 Å². The molecule has 10 heteroatoms. The number of aliphatic hydroxyl groups excluding tert-OH is 1. The molecule has 1 amide bonds. The van der Waals surface area contributed by atoms with Crippen molar-refractivity contribution in [2.45, 2.75) is 39.5 Å². The SMILES string of the molecule is CC(C)Oc1cc(-c2nc(CNC(=O)c3ccccc3OCCCO)co2)ccc1OC(F)F. The Balaban J connectivity index is 1.69. The van der Waals surface area contributed by atoms with E-state index in [0.717, 1.165) is 0 Å². The van der Waals surface area contributed by atoms with Crippen LogP contribution in [0, 0.1) is 0 Å². The van der Waals surface area contributed by atoms with Crippen LogP contribution in [0.2, 0.25) is 0 Å². The minimum absolute atomic E-state index is 0.00405. The zero-order valence-electron chi connectivity index (χ0n) is 18.8. The van der Waals surface area contributed by atoms with E-state index >= 15 is 0 Å². The predicted octanol–water partition coefficient (Wildman–Crippen LogP) is 4.42. The lowest BCUT2D eigenvalue weighted by atomic mass is 10.2. The lowest BCUT2D eigenvalue weighted by Gasteiger charge is -2.15. The molecule has 1 heterocycles. The number of amides is 1. The van der Waals surface area contributed by atoms with Crippen LogP contribution < -0.4 is 19.5 Å². The van der Waals surface area contributed by atoms with E-state index in [1.165, 1.54) is 24.5 Å². The summed E-state index contributed by atoms with van der Waals surface area (Å²) in [6.45, 7) is 0.922. The molecular weight excluding hydrogens is 450 g/mol. The number of aromatic nitrogens is 1. The van der Waals surface area contributed by atoms with Crippen LogP contribution in [-0.2, 0) is 6.54 Å². The van der Waals surface area contributed by atoms with Gasteiger partial charge in [-0.1, -0.05) is 12.1 Å². The number of benzene rings is 2. The largest absolute Gasteiger partial charge is 0.493 e. The molecule has 0 spiro atoms. The van der Waals surface area contributed by atoms with E-state index in [9.17, 15) is 13.6 Å². The van der Waals surface area contributed by atoms with Gasteiger partial charge in [0, 0.05) is 18.6 Å². The normalized spacial score (nSPS) is 11.0. The Morgan fingerprint density at radius 3 is 2.65 bits per heavy atom. The van der Waals surface area contributed by atoms with Crippen molar-refractivity contribution in [1.29, 1.82) is 0 Å². The highest BCUT2D eigenvalue weighted by molar-refractivity contribution is 5.96. The first-order chi connectivity index (χ1) is 16.4. The molecule has 0 radical (unpaired) electrons. The van der Waals surface area contributed by atoms with Crippen LogP contribution in [0.5, 0.6) is 17.2 Å². The Bertz CT molecular complexity index is 1090. The first-order valence-corrected chi connectivity index (χ1v) is 10.7. The number of carbonyl (C=O) groups excluding carboxylic acids is 1. The topological polar surface area (TPSA) is 103 Å². The van der Waals surface area contributed by atoms with Gasteiger partial charge < -0.3 is 29.1 Å². The van der Waals surface area contributed by atoms with Gasteiger partial charge in [0.1, 0.15) is 12.0 Å². The fourth-order valence-corrected chi connectivity index (χ4v) is 2.99. The Morgan fingerprint density at radius 1 is 1.12 bits per heavy atom. The molecule has 0 aliphatic carbocycles. The molecule has 34 heavy (non-hydrogen) atoms.